The van der Waals surface area contributed by atoms with Crippen molar-refractivity contribution in [1.82, 2.24) is 9.97 Å². The number of amides is 1. The van der Waals surface area contributed by atoms with Crippen molar-refractivity contribution < 1.29 is 4.79 Å². The zero-order valence-corrected chi connectivity index (χ0v) is 16.9. The maximum absolute atomic E-state index is 13.3. The monoisotopic (exact) mass is 448 g/mol. The number of carbonyl (C=O) groups excluding carboxylic acids is 1. The number of carbonyl (C=O) groups is 1. The average Bonchev–Trinajstić information content (AvgIpc) is 3.15. The zero-order chi connectivity index (χ0) is 19.5. The molecule has 0 aliphatic carbocycles. The highest BCUT2D eigenvalue weighted by atomic mass is 79.9. The highest BCUT2D eigenvalue weighted by Crippen LogP contribution is 2.32. The van der Waals surface area contributed by atoms with Crippen molar-refractivity contribution in [1.29, 1.82) is 5.26 Å². The molecule has 7 heteroatoms. The summed E-state index contributed by atoms with van der Waals surface area (Å²) in [4.78, 5) is 23.9. The lowest BCUT2D eigenvalue weighted by atomic mass is 10.1. The normalized spacial score (nSPS) is 10.6. The largest absolute Gasteiger partial charge is 0.278 e. The molecule has 2 aromatic heterocycles. The number of benzene rings is 2. The van der Waals surface area contributed by atoms with Gasteiger partial charge in [0.05, 0.1) is 34.1 Å². The number of hydrogen-bond acceptors (Lipinski definition) is 5. The number of pyridine rings is 1. The molecular weight excluding hydrogens is 436 g/mol. The van der Waals surface area contributed by atoms with Gasteiger partial charge < -0.3 is 0 Å². The van der Waals surface area contributed by atoms with Gasteiger partial charge >= 0.3 is 0 Å². The van der Waals surface area contributed by atoms with Crippen molar-refractivity contribution in [3.05, 3.63) is 88.2 Å². The molecule has 0 saturated carbocycles. The van der Waals surface area contributed by atoms with Gasteiger partial charge in [-0.2, -0.15) is 5.26 Å². The van der Waals surface area contributed by atoms with Gasteiger partial charge in [-0.3, -0.25) is 14.7 Å². The topological polar surface area (TPSA) is 69.9 Å². The van der Waals surface area contributed by atoms with Gasteiger partial charge in [-0.25, -0.2) is 4.98 Å². The van der Waals surface area contributed by atoms with E-state index in [1.807, 2.05) is 36.4 Å². The Kier molecular flexibility index (Phi) is 5.15. The molecule has 4 rings (SSSR count). The molecule has 0 atom stereocenters. The molecule has 4 aromatic rings. The Morgan fingerprint density at radius 2 is 1.96 bits per heavy atom. The Morgan fingerprint density at radius 3 is 2.68 bits per heavy atom. The molecule has 0 aliphatic rings. The molecule has 28 heavy (non-hydrogen) atoms. The van der Waals surface area contributed by atoms with E-state index in [0.29, 0.717) is 22.8 Å². The second kappa shape index (κ2) is 7.89. The van der Waals surface area contributed by atoms with Gasteiger partial charge in [0, 0.05) is 16.2 Å². The molecule has 0 N–H and O–H groups in total. The Balaban J connectivity index is 1.75. The number of hydrogen-bond donors (Lipinski definition) is 0. The molecule has 0 unspecified atom stereocenters. The van der Waals surface area contributed by atoms with Crippen LogP contribution in [-0.2, 0) is 6.54 Å². The van der Waals surface area contributed by atoms with E-state index in [2.05, 4.69) is 32.0 Å². The molecular formula is C21H13BrN4OS. The summed E-state index contributed by atoms with van der Waals surface area (Å²) in [5.74, 6) is -0.187. The molecule has 1 amide bonds. The summed E-state index contributed by atoms with van der Waals surface area (Å²) in [6, 6.07) is 20.1. The summed E-state index contributed by atoms with van der Waals surface area (Å²) in [5, 5.41) is 9.59. The van der Waals surface area contributed by atoms with E-state index < -0.39 is 0 Å². The van der Waals surface area contributed by atoms with Crippen molar-refractivity contribution in [2.75, 3.05) is 4.90 Å². The lowest BCUT2D eigenvalue weighted by molar-refractivity contribution is 0.0985. The zero-order valence-electron chi connectivity index (χ0n) is 14.5. The molecule has 5 nitrogen and oxygen atoms in total. The number of aromatic nitrogens is 2. The van der Waals surface area contributed by atoms with E-state index in [4.69, 9.17) is 5.26 Å². The predicted molar refractivity (Wildman–Crippen MR) is 113 cm³/mol. The fourth-order valence-corrected chi connectivity index (χ4v) is 4.24. The minimum atomic E-state index is -0.187. The SMILES string of the molecule is N#Cc1ccc(C(=O)N(Cc2ccccn2)c2nc3ccc(Br)cc3s2)cc1. The summed E-state index contributed by atoms with van der Waals surface area (Å²) in [6.07, 6.45) is 1.70. The van der Waals surface area contributed by atoms with Crippen LogP contribution in [0.5, 0.6) is 0 Å². The van der Waals surface area contributed by atoms with Crippen molar-refractivity contribution in [3.8, 4) is 6.07 Å². The fourth-order valence-electron chi connectivity index (χ4n) is 2.72. The van der Waals surface area contributed by atoms with Crippen LogP contribution in [0.2, 0.25) is 0 Å². The number of thiazole rings is 1. The highest BCUT2D eigenvalue weighted by molar-refractivity contribution is 9.10. The Bertz CT molecular complexity index is 1180. The third-order valence-corrected chi connectivity index (χ3v) is 5.66. The van der Waals surface area contributed by atoms with Crippen LogP contribution in [0, 0.1) is 11.3 Å². The second-order valence-corrected chi connectivity index (χ2v) is 7.93. The number of anilines is 1. The van der Waals surface area contributed by atoms with Gasteiger partial charge in [0.1, 0.15) is 0 Å². The summed E-state index contributed by atoms with van der Waals surface area (Å²) in [5.41, 5.74) is 2.61. The van der Waals surface area contributed by atoms with Crippen molar-refractivity contribution >= 4 is 48.5 Å². The lowest BCUT2D eigenvalue weighted by Crippen LogP contribution is -2.30. The number of rotatable bonds is 4. The Labute approximate surface area is 174 Å². The molecule has 136 valence electrons. The van der Waals surface area contributed by atoms with Crippen LogP contribution in [0.25, 0.3) is 10.2 Å². The van der Waals surface area contributed by atoms with E-state index in [1.165, 1.54) is 11.3 Å². The molecule has 0 saturated heterocycles. The number of fused-ring (bicyclic) bond motifs is 1. The average molecular weight is 449 g/mol. The Morgan fingerprint density at radius 1 is 1.14 bits per heavy atom. The minimum Gasteiger partial charge on any atom is -0.278 e. The van der Waals surface area contributed by atoms with Crippen molar-refractivity contribution in [2.45, 2.75) is 6.54 Å². The van der Waals surface area contributed by atoms with Gasteiger partial charge in [-0.15, -0.1) is 0 Å². The standard InChI is InChI=1S/C21H13BrN4OS/c22-16-8-9-18-19(11-16)28-21(25-18)26(13-17-3-1-2-10-24-17)20(27)15-6-4-14(12-23)5-7-15/h1-11H,13H2. The van der Waals surface area contributed by atoms with E-state index in [-0.39, 0.29) is 5.91 Å². The third-order valence-electron chi connectivity index (χ3n) is 4.12. The van der Waals surface area contributed by atoms with Crippen LogP contribution in [-0.4, -0.2) is 15.9 Å². The first kappa shape index (κ1) is 18.3. The number of nitriles is 1. The first-order valence-electron chi connectivity index (χ1n) is 8.42. The van der Waals surface area contributed by atoms with Crippen LogP contribution in [0.4, 0.5) is 5.13 Å². The smallest absolute Gasteiger partial charge is 0.260 e. The molecule has 0 fully saturated rings. The van der Waals surface area contributed by atoms with Crippen LogP contribution in [0.1, 0.15) is 21.6 Å². The fraction of sp³-hybridized carbons (Fsp3) is 0.0476. The molecule has 0 aliphatic heterocycles. The molecule has 0 spiro atoms. The van der Waals surface area contributed by atoms with Gasteiger partial charge in [0.2, 0.25) is 0 Å². The summed E-state index contributed by atoms with van der Waals surface area (Å²) in [7, 11) is 0. The maximum Gasteiger partial charge on any atom is 0.260 e. The van der Waals surface area contributed by atoms with E-state index in [0.717, 1.165) is 20.4 Å². The number of halogens is 1. The highest BCUT2D eigenvalue weighted by Gasteiger charge is 2.22. The molecule has 0 radical (unpaired) electrons. The third kappa shape index (κ3) is 3.79. The predicted octanol–water partition coefficient (Wildman–Crippen LogP) is 5.17. The van der Waals surface area contributed by atoms with Crippen LogP contribution in [0.15, 0.2) is 71.3 Å². The lowest BCUT2D eigenvalue weighted by Gasteiger charge is -2.19. The maximum atomic E-state index is 13.3. The van der Waals surface area contributed by atoms with E-state index >= 15 is 0 Å². The van der Waals surface area contributed by atoms with Crippen LogP contribution >= 0.6 is 27.3 Å². The van der Waals surface area contributed by atoms with Gasteiger partial charge in [-0.1, -0.05) is 33.3 Å². The van der Waals surface area contributed by atoms with Crippen molar-refractivity contribution in [2.24, 2.45) is 0 Å². The first-order chi connectivity index (χ1) is 13.6. The second-order valence-electron chi connectivity index (χ2n) is 6.01. The van der Waals surface area contributed by atoms with E-state index in [1.54, 1.807) is 35.4 Å². The minimum absolute atomic E-state index is 0.187. The van der Waals surface area contributed by atoms with Crippen molar-refractivity contribution in [3.63, 3.8) is 0 Å². The summed E-state index contributed by atoms with van der Waals surface area (Å²) in [6.45, 7) is 0.306. The van der Waals surface area contributed by atoms with Gasteiger partial charge in [0.15, 0.2) is 5.13 Å². The van der Waals surface area contributed by atoms with Gasteiger partial charge in [0.25, 0.3) is 5.91 Å². The molecule has 2 aromatic carbocycles. The quantitative estimate of drug-likeness (QED) is 0.431. The van der Waals surface area contributed by atoms with E-state index in [9.17, 15) is 4.79 Å². The first-order valence-corrected chi connectivity index (χ1v) is 10.0. The Hall–Kier alpha value is -3.08. The van der Waals surface area contributed by atoms with Crippen LogP contribution < -0.4 is 4.90 Å². The van der Waals surface area contributed by atoms with Gasteiger partial charge in [-0.05, 0) is 54.6 Å². The van der Waals surface area contributed by atoms with Crippen LogP contribution in [0.3, 0.4) is 0 Å². The summed E-state index contributed by atoms with van der Waals surface area (Å²) < 4.78 is 1.95. The number of nitrogens with zero attached hydrogens (tertiary/aromatic N) is 4. The molecule has 0 bridgehead atoms. The summed E-state index contributed by atoms with van der Waals surface area (Å²) >= 11 is 4.93. The molecule has 2 heterocycles.